The lowest BCUT2D eigenvalue weighted by molar-refractivity contribution is 0.128. The molecule has 1 atom stereocenters. The maximum Gasteiger partial charge on any atom is 0.158 e. The largest absolute Gasteiger partial charge is 0.384 e. The van der Waals surface area contributed by atoms with Gasteiger partial charge >= 0.3 is 0 Å². The van der Waals surface area contributed by atoms with Crippen molar-refractivity contribution in [1.82, 2.24) is 9.97 Å². The van der Waals surface area contributed by atoms with Gasteiger partial charge in [-0.15, -0.1) is 0 Å². The van der Waals surface area contributed by atoms with Crippen LogP contribution in [-0.4, -0.2) is 40.7 Å². The molecule has 18 heavy (non-hydrogen) atoms. The highest BCUT2D eigenvalue weighted by Gasteiger charge is 2.20. The van der Waals surface area contributed by atoms with Crippen molar-refractivity contribution < 1.29 is 4.74 Å². The second-order valence-corrected chi connectivity index (χ2v) is 5.47. The van der Waals surface area contributed by atoms with E-state index in [-0.39, 0.29) is 0 Å². The molecule has 1 aliphatic heterocycles. The van der Waals surface area contributed by atoms with Crippen LogP contribution in [0.5, 0.6) is 0 Å². The van der Waals surface area contributed by atoms with E-state index in [1.807, 2.05) is 24.8 Å². The van der Waals surface area contributed by atoms with Crippen LogP contribution in [0.4, 0.5) is 11.6 Å². The zero-order valence-electron chi connectivity index (χ0n) is 10.9. The number of thioether (sulfide) groups is 1. The molecule has 1 fully saturated rings. The molecule has 2 N–H and O–H groups in total. The Kier molecular flexibility index (Phi) is 4.66. The summed E-state index contributed by atoms with van der Waals surface area (Å²) in [6, 6.07) is 2.33. The maximum atomic E-state index is 5.84. The molecule has 6 heteroatoms. The molecule has 0 aliphatic carbocycles. The fourth-order valence-electron chi connectivity index (χ4n) is 1.98. The summed E-state index contributed by atoms with van der Waals surface area (Å²) in [5, 5.41) is 0. The van der Waals surface area contributed by atoms with Crippen molar-refractivity contribution in [2.75, 3.05) is 35.3 Å². The second-order valence-electron chi connectivity index (χ2n) is 4.32. The van der Waals surface area contributed by atoms with Crippen molar-refractivity contribution >= 4 is 23.4 Å². The molecule has 1 saturated heterocycles. The fourth-order valence-corrected chi connectivity index (χ4v) is 2.99. The maximum absolute atomic E-state index is 5.84. The predicted molar refractivity (Wildman–Crippen MR) is 75.9 cm³/mol. The van der Waals surface area contributed by atoms with Gasteiger partial charge in [0.2, 0.25) is 0 Å². The van der Waals surface area contributed by atoms with Crippen molar-refractivity contribution in [3.05, 3.63) is 11.9 Å². The number of nitrogen functional groups attached to an aromatic ring is 1. The second kappa shape index (κ2) is 6.24. The molecule has 0 bridgehead atoms. The average Bonchev–Trinajstić information content (AvgIpc) is 2.36. The van der Waals surface area contributed by atoms with Gasteiger partial charge in [-0.2, -0.15) is 11.8 Å². The quantitative estimate of drug-likeness (QED) is 0.893. The normalized spacial score (nSPS) is 20.1. The first-order valence-electron chi connectivity index (χ1n) is 6.26. The first-order chi connectivity index (χ1) is 8.70. The molecule has 5 nitrogen and oxygen atoms in total. The van der Waals surface area contributed by atoms with Crippen molar-refractivity contribution in [2.24, 2.45) is 0 Å². The summed E-state index contributed by atoms with van der Waals surface area (Å²) < 4.78 is 5.34. The average molecular weight is 268 g/mol. The van der Waals surface area contributed by atoms with Crippen molar-refractivity contribution in [3.63, 3.8) is 0 Å². The van der Waals surface area contributed by atoms with Gasteiger partial charge in [0.25, 0.3) is 0 Å². The summed E-state index contributed by atoms with van der Waals surface area (Å²) in [7, 11) is 0. The van der Waals surface area contributed by atoms with Gasteiger partial charge in [0.05, 0.1) is 0 Å². The van der Waals surface area contributed by atoms with Crippen LogP contribution in [0.15, 0.2) is 6.07 Å². The summed E-state index contributed by atoms with van der Waals surface area (Å²) in [5.41, 5.74) is 5.84. The van der Waals surface area contributed by atoms with Crippen LogP contribution in [0.25, 0.3) is 0 Å². The van der Waals surface area contributed by atoms with Crippen LogP contribution < -0.4 is 10.6 Å². The molecule has 0 radical (unpaired) electrons. The van der Waals surface area contributed by atoms with Gasteiger partial charge in [-0.3, -0.25) is 0 Å². The van der Waals surface area contributed by atoms with E-state index in [4.69, 9.17) is 10.5 Å². The lowest BCUT2D eigenvalue weighted by Gasteiger charge is -2.34. The predicted octanol–water partition coefficient (Wildman–Crippen LogP) is 1.54. The molecule has 100 valence electrons. The Bertz CT molecular complexity index is 402. The number of aromatic nitrogens is 2. The minimum absolute atomic E-state index is 0.422. The Labute approximate surface area is 112 Å². The number of hydrogen-bond acceptors (Lipinski definition) is 6. The van der Waals surface area contributed by atoms with Crippen molar-refractivity contribution in [1.29, 1.82) is 0 Å². The number of anilines is 2. The number of nitrogens with two attached hydrogens (primary N) is 1. The molecule has 1 aromatic rings. The number of hydrogen-bond donors (Lipinski definition) is 1. The van der Waals surface area contributed by atoms with Gasteiger partial charge in [-0.1, -0.05) is 0 Å². The number of rotatable bonds is 4. The van der Waals surface area contributed by atoms with Crippen LogP contribution in [0.2, 0.25) is 0 Å². The van der Waals surface area contributed by atoms with Gasteiger partial charge in [-0.05, 0) is 13.8 Å². The van der Waals surface area contributed by atoms with E-state index in [0.29, 0.717) is 30.9 Å². The summed E-state index contributed by atoms with van der Waals surface area (Å²) in [6.07, 6.45) is 0. The topological polar surface area (TPSA) is 64.3 Å². The van der Waals surface area contributed by atoms with E-state index in [2.05, 4.69) is 21.8 Å². The minimum Gasteiger partial charge on any atom is -0.384 e. The molecule has 0 spiro atoms. The van der Waals surface area contributed by atoms with Crippen LogP contribution in [0, 0.1) is 0 Å². The molecule has 2 rings (SSSR count). The zero-order chi connectivity index (χ0) is 13.0. The van der Waals surface area contributed by atoms with Gasteiger partial charge in [0.1, 0.15) is 18.2 Å². The third-order valence-electron chi connectivity index (χ3n) is 2.88. The number of ether oxygens (including phenoxy) is 1. The third-order valence-corrected chi connectivity index (χ3v) is 4.07. The minimum atomic E-state index is 0.422. The first kappa shape index (κ1) is 13.4. The van der Waals surface area contributed by atoms with E-state index in [1.54, 1.807) is 0 Å². The van der Waals surface area contributed by atoms with Crippen molar-refractivity contribution in [3.8, 4) is 0 Å². The van der Waals surface area contributed by atoms with Gasteiger partial charge in [0, 0.05) is 36.8 Å². The molecule has 0 amide bonds. The molecule has 1 unspecified atom stereocenters. The Hall–Kier alpha value is -1.01. The highest BCUT2D eigenvalue weighted by Crippen LogP contribution is 2.23. The van der Waals surface area contributed by atoms with Crippen LogP contribution in [-0.2, 0) is 11.3 Å². The lowest BCUT2D eigenvalue weighted by atomic mass is 10.3. The van der Waals surface area contributed by atoms with E-state index >= 15 is 0 Å². The smallest absolute Gasteiger partial charge is 0.158 e. The first-order valence-corrected chi connectivity index (χ1v) is 7.41. The monoisotopic (exact) mass is 268 g/mol. The summed E-state index contributed by atoms with van der Waals surface area (Å²) >= 11 is 1.98. The third kappa shape index (κ3) is 3.26. The zero-order valence-corrected chi connectivity index (χ0v) is 11.7. The number of nitrogens with zero attached hydrogens (tertiary/aromatic N) is 3. The highest BCUT2D eigenvalue weighted by atomic mass is 32.2. The molecule has 1 aromatic heterocycles. The van der Waals surface area contributed by atoms with E-state index in [9.17, 15) is 0 Å². The molecule has 1 aliphatic rings. The molecule has 2 heterocycles. The molecular weight excluding hydrogens is 248 g/mol. The Morgan fingerprint density at radius 3 is 3.11 bits per heavy atom. The van der Waals surface area contributed by atoms with Crippen LogP contribution in [0.3, 0.4) is 0 Å². The van der Waals surface area contributed by atoms with Crippen LogP contribution in [0.1, 0.15) is 19.7 Å². The molecular formula is C12H20N4OS. The lowest BCUT2D eigenvalue weighted by Crippen LogP contribution is -2.41. The highest BCUT2D eigenvalue weighted by molar-refractivity contribution is 7.99. The SMILES string of the molecule is CCOCc1nc(N)cc(N2CCSCC2C)n1. The van der Waals surface area contributed by atoms with Gasteiger partial charge < -0.3 is 15.4 Å². The summed E-state index contributed by atoms with van der Waals surface area (Å²) in [4.78, 5) is 11.0. The van der Waals surface area contributed by atoms with E-state index < -0.39 is 0 Å². The Morgan fingerprint density at radius 1 is 1.56 bits per heavy atom. The summed E-state index contributed by atoms with van der Waals surface area (Å²) in [6.45, 7) is 6.26. The standard InChI is InChI=1S/C12H20N4OS/c1-3-17-7-11-14-10(13)6-12(15-11)16-4-5-18-8-9(16)2/h6,9H,3-5,7-8H2,1-2H3,(H2,13,14,15). The fraction of sp³-hybridized carbons (Fsp3) is 0.667. The summed E-state index contributed by atoms with van der Waals surface area (Å²) in [5.74, 6) is 4.36. The van der Waals surface area contributed by atoms with Crippen molar-refractivity contribution in [2.45, 2.75) is 26.5 Å². The van der Waals surface area contributed by atoms with Gasteiger partial charge in [0.15, 0.2) is 5.82 Å². The molecule has 0 saturated carbocycles. The Balaban J connectivity index is 2.18. The van der Waals surface area contributed by atoms with Crippen LogP contribution >= 0.6 is 11.8 Å². The van der Waals surface area contributed by atoms with E-state index in [1.165, 1.54) is 0 Å². The Morgan fingerprint density at radius 2 is 2.39 bits per heavy atom. The van der Waals surface area contributed by atoms with E-state index in [0.717, 1.165) is 23.9 Å². The molecule has 0 aromatic carbocycles. The van der Waals surface area contributed by atoms with Gasteiger partial charge in [-0.25, -0.2) is 9.97 Å².